The molecular weight excluding hydrogens is 228 g/mol. The topological polar surface area (TPSA) is 51.0 Å². The monoisotopic (exact) mass is 244 g/mol. The van der Waals surface area contributed by atoms with Crippen molar-refractivity contribution in [1.82, 2.24) is 19.4 Å². The predicted octanol–water partition coefficient (Wildman–Crippen LogP) is 0.867. The van der Waals surface area contributed by atoms with Crippen molar-refractivity contribution in [2.45, 2.75) is 6.54 Å². The summed E-state index contributed by atoms with van der Waals surface area (Å²) in [6.45, 7) is 1.46. The van der Waals surface area contributed by atoms with Crippen LogP contribution in [0.25, 0.3) is 11.4 Å². The Morgan fingerprint density at radius 3 is 2.72 bits per heavy atom. The third-order valence-electron chi connectivity index (χ3n) is 2.59. The zero-order valence-corrected chi connectivity index (χ0v) is 10.6. The highest BCUT2D eigenvalue weighted by molar-refractivity contribution is 5.51. The molecule has 5 heteroatoms. The van der Waals surface area contributed by atoms with Crippen LogP contribution in [-0.2, 0) is 6.54 Å². The molecule has 94 valence electrons. The van der Waals surface area contributed by atoms with Crippen molar-refractivity contribution < 1.29 is 0 Å². The lowest BCUT2D eigenvalue weighted by atomic mass is 10.3. The Balaban J connectivity index is 2.29. The fourth-order valence-electron chi connectivity index (χ4n) is 1.57. The summed E-state index contributed by atoms with van der Waals surface area (Å²) >= 11 is 0. The van der Waals surface area contributed by atoms with E-state index >= 15 is 0 Å². The van der Waals surface area contributed by atoms with Gasteiger partial charge in [-0.1, -0.05) is 6.07 Å². The van der Waals surface area contributed by atoms with Gasteiger partial charge >= 0.3 is 0 Å². The second-order valence-corrected chi connectivity index (χ2v) is 4.32. The highest BCUT2D eigenvalue weighted by Crippen LogP contribution is 2.10. The Morgan fingerprint density at radius 2 is 2.06 bits per heavy atom. The molecule has 5 nitrogen and oxygen atoms in total. The molecule has 0 bridgehead atoms. The first-order valence-electron chi connectivity index (χ1n) is 5.79. The third-order valence-corrected chi connectivity index (χ3v) is 2.59. The van der Waals surface area contributed by atoms with Gasteiger partial charge in [0.1, 0.15) is 5.69 Å². The first-order chi connectivity index (χ1) is 8.66. The molecule has 0 fully saturated rings. The molecule has 0 spiro atoms. The minimum atomic E-state index is -0.0865. The van der Waals surface area contributed by atoms with Gasteiger partial charge in [-0.25, -0.2) is 4.98 Å². The van der Waals surface area contributed by atoms with E-state index in [9.17, 15) is 4.79 Å². The molecule has 0 saturated heterocycles. The number of nitrogens with zero attached hydrogens (tertiary/aromatic N) is 4. The molecule has 0 radical (unpaired) electrons. The van der Waals surface area contributed by atoms with Crippen molar-refractivity contribution in [2.75, 3.05) is 20.6 Å². The van der Waals surface area contributed by atoms with E-state index < -0.39 is 0 Å². The summed E-state index contributed by atoms with van der Waals surface area (Å²) in [5.41, 5.74) is 1.40. The quantitative estimate of drug-likeness (QED) is 0.800. The van der Waals surface area contributed by atoms with Crippen molar-refractivity contribution in [3.05, 3.63) is 47.1 Å². The van der Waals surface area contributed by atoms with Crippen molar-refractivity contribution >= 4 is 0 Å². The Bertz CT molecular complexity index is 563. The molecule has 0 unspecified atom stereocenters. The fourth-order valence-corrected chi connectivity index (χ4v) is 1.57. The van der Waals surface area contributed by atoms with Crippen LogP contribution in [0.4, 0.5) is 0 Å². The molecule has 0 aliphatic carbocycles. The largest absolute Gasteiger partial charge is 0.311 e. The molecule has 0 aromatic carbocycles. The summed E-state index contributed by atoms with van der Waals surface area (Å²) in [6.07, 6.45) is 4.82. The van der Waals surface area contributed by atoms with Crippen LogP contribution in [0.15, 0.2) is 41.6 Å². The lowest BCUT2D eigenvalue weighted by Gasteiger charge is -2.11. The normalized spacial score (nSPS) is 10.8. The van der Waals surface area contributed by atoms with Crippen molar-refractivity contribution in [3.8, 4) is 11.4 Å². The van der Waals surface area contributed by atoms with E-state index in [0.717, 1.165) is 12.2 Å². The van der Waals surface area contributed by atoms with E-state index in [0.29, 0.717) is 12.2 Å². The second kappa shape index (κ2) is 5.55. The minimum Gasteiger partial charge on any atom is -0.311 e. The first-order valence-corrected chi connectivity index (χ1v) is 5.79. The molecular formula is C13H16N4O. The molecule has 18 heavy (non-hydrogen) atoms. The number of hydrogen-bond donors (Lipinski definition) is 0. The molecule has 2 heterocycles. The maximum absolute atomic E-state index is 11.7. The standard InChI is InChI=1S/C13H16N4O/c1-16(2)7-8-17-10-12(15-9-13(17)18)11-5-3-4-6-14-11/h3-6,9-10H,7-8H2,1-2H3. The van der Waals surface area contributed by atoms with Gasteiger partial charge in [0.15, 0.2) is 0 Å². The Hall–Kier alpha value is -2.01. The van der Waals surface area contributed by atoms with Crippen LogP contribution in [-0.4, -0.2) is 40.1 Å². The number of likely N-dealkylation sites (N-methyl/N-ethyl adjacent to an activating group) is 1. The van der Waals surface area contributed by atoms with Gasteiger partial charge in [0.2, 0.25) is 0 Å². The van der Waals surface area contributed by atoms with Gasteiger partial charge in [-0.05, 0) is 26.2 Å². The van der Waals surface area contributed by atoms with Crippen LogP contribution in [0, 0.1) is 0 Å². The summed E-state index contributed by atoms with van der Waals surface area (Å²) in [7, 11) is 3.96. The fraction of sp³-hybridized carbons (Fsp3) is 0.308. The SMILES string of the molecule is CN(C)CCn1cc(-c2ccccn2)ncc1=O. The van der Waals surface area contributed by atoms with Crippen LogP contribution in [0.2, 0.25) is 0 Å². The van der Waals surface area contributed by atoms with Gasteiger partial charge in [-0.3, -0.25) is 9.78 Å². The van der Waals surface area contributed by atoms with E-state index in [2.05, 4.69) is 9.97 Å². The van der Waals surface area contributed by atoms with E-state index in [1.54, 1.807) is 17.0 Å². The summed E-state index contributed by atoms with van der Waals surface area (Å²) < 4.78 is 1.66. The van der Waals surface area contributed by atoms with Gasteiger partial charge in [0, 0.05) is 25.5 Å². The predicted molar refractivity (Wildman–Crippen MR) is 70.3 cm³/mol. The molecule has 0 atom stereocenters. The number of hydrogen-bond acceptors (Lipinski definition) is 4. The second-order valence-electron chi connectivity index (χ2n) is 4.32. The Labute approximate surface area is 106 Å². The Kier molecular flexibility index (Phi) is 3.84. The summed E-state index contributed by atoms with van der Waals surface area (Å²) in [6, 6.07) is 5.63. The van der Waals surface area contributed by atoms with Crippen molar-refractivity contribution in [1.29, 1.82) is 0 Å². The highest BCUT2D eigenvalue weighted by atomic mass is 16.1. The average molecular weight is 244 g/mol. The van der Waals surface area contributed by atoms with Crippen molar-refractivity contribution in [3.63, 3.8) is 0 Å². The minimum absolute atomic E-state index is 0.0865. The maximum atomic E-state index is 11.7. The van der Waals surface area contributed by atoms with E-state index in [1.165, 1.54) is 6.20 Å². The molecule has 2 aromatic heterocycles. The molecule has 0 amide bonds. The molecule has 2 aromatic rings. The van der Waals surface area contributed by atoms with Crippen LogP contribution in [0.3, 0.4) is 0 Å². The van der Waals surface area contributed by atoms with E-state index in [1.807, 2.05) is 37.2 Å². The molecule has 0 aliphatic heterocycles. The Morgan fingerprint density at radius 1 is 1.22 bits per heavy atom. The molecule has 0 aliphatic rings. The van der Waals surface area contributed by atoms with Crippen LogP contribution >= 0.6 is 0 Å². The van der Waals surface area contributed by atoms with Crippen LogP contribution in [0.5, 0.6) is 0 Å². The third kappa shape index (κ3) is 3.01. The molecule has 0 saturated carbocycles. The zero-order chi connectivity index (χ0) is 13.0. The summed E-state index contributed by atoms with van der Waals surface area (Å²) in [4.78, 5) is 22.1. The summed E-state index contributed by atoms with van der Waals surface area (Å²) in [5.74, 6) is 0. The number of rotatable bonds is 4. The van der Waals surface area contributed by atoms with Gasteiger partial charge in [-0.2, -0.15) is 0 Å². The molecule has 2 rings (SSSR count). The maximum Gasteiger partial charge on any atom is 0.269 e. The van der Waals surface area contributed by atoms with E-state index in [4.69, 9.17) is 0 Å². The summed E-state index contributed by atoms with van der Waals surface area (Å²) in [5, 5.41) is 0. The zero-order valence-electron chi connectivity index (χ0n) is 10.6. The van der Waals surface area contributed by atoms with E-state index in [-0.39, 0.29) is 5.56 Å². The lowest BCUT2D eigenvalue weighted by Crippen LogP contribution is -2.26. The van der Waals surface area contributed by atoms with Gasteiger partial charge in [0.25, 0.3) is 5.56 Å². The smallest absolute Gasteiger partial charge is 0.269 e. The van der Waals surface area contributed by atoms with Crippen molar-refractivity contribution in [2.24, 2.45) is 0 Å². The van der Waals surface area contributed by atoms with Gasteiger partial charge < -0.3 is 9.47 Å². The number of pyridine rings is 1. The average Bonchev–Trinajstić information content (AvgIpc) is 2.38. The number of aromatic nitrogens is 3. The highest BCUT2D eigenvalue weighted by Gasteiger charge is 2.03. The lowest BCUT2D eigenvalue weighted by molar-refractivity contribution is 0.380. The molecule has 0 N–H and O–H groups in total. The van der Waals surface area contributed by atoms with Gasteiger partial charge in [0.05, 0.1) is 11.9 Å². The van der Waals surface area contributed by atoms with Crippen LogP contribution in [0.1, 0.15) is 0 Å². The first kappa shape index (κ1) is 12.4. The van der Waals surface area contributed by atoms with Crippen LogP contribution < -0.4 is 5.56 Å². The van der Waals surface area contributed by atoms with Gasteiger partial charge in [-0.15, -0.1) is 0 Å².